The van der Waals surface area contributed by atoms with Crippen LogP contribution in [0.25, 0.3) is 0 Å². The molecule has 26 heavy (non-hydrogen) atoms. The van der Waals surface area contributed by atoms with E-state index in [0.29, 0.717) is 25.5 Å². The second-order valence-corrected chi connectivity index (χ2v) is 6.22. The zero-order valence-corrected chi connectivity index (χ0v) is 14.8. The molecule has 1 heterocycles. The van der Waals surface area contributed by atoms with Crippen LogP contribution in [0.3, 0.4) is 0 Å². The summed E-state index contributed by atoms with van der Waals surface area (Å²) in [5.74, 6) is 0.552. The topological polar surface area (TPSA) is 51.2 Å². The van der Waals surface area contributed by atoms with E-state index in [4.69, 9.17) is 4.74 Å². The molecular weight excluding hydrogens is 324 g/mol. The molecule has 0 radical (unpaired) electrons. The number of nitrogens with zero attached hydrogens (tertiary/aromatic N) is 1. The Labute approximate surface area is 153 Å². The molecule has 1 N–H and O–H groups in total. The summed E-state index contributed by atoms with van der Waals surface area (Å²) in [7, 11) is 0. The summed E-state index contributed by atoms with van der Waals surface area (Å²) in [5.41, 5.74) is 4.25. The average molecular weight is 346 g/mol. The number of aryl methyl sites for hydroxylation is 1. The highest BCUT2D eigenvalue weighted by atomic mass is 16.5. The molecular formula is C22H22N2O2. The molecule has 0 unspecified atom stereocenters. The Morgan fingerprint density at radius 2 is 1.73 bits per heavy atom. The molecule has 1 amide bonds. The first-order valence-corrected chi connectivity index (χ1v) is 8.63. The van der Waals surface area contributed by atoms with E-state index < -0.39 is 0 Å². The largest absolute Gasteiger partial charge is 0.473 e. The molecule has 0 spiro atoms. The van der Waals surface area contributed by atoms with Gasteiger partial charge in [-0.1, -0.05) is 60.2 Å². The smallest absolute Gasteiger partial charge is 0.224 e. The summed E-state index contributed by atoms with van der Waals surface area (Å²) in [4.78, 5) is 16.3. The quantitative estimate of drug-likeness (QED) is 0.707. The minimum Gasteiger partial charge on any atom is -0.473 e. The molecule has 4 nitrogen and oxygen atoms in total. The van der Waals surface area contributed by atoms with Gasteiger partial charge in [0.25, 0.3) is 0 Å². The molecule has 0 saturated heterocycles. The lowest BCUT2D eigenvalue weighted by Crippen LogP contribution is -2.24. The highest BCUT2D eigenvalue weighted by Gasteiger charge is 2.05. The number of amides is 1. The average Bonchev–Trinajstić information content (AvgIpc) is 2.68. The van der Waals surface area contributed by atoms with Crippen LogP contribution in [-0.4, -0.2) is 10.9 Å². The molecule has 3 rings (SSSR count). The third-order valence-electron chi connectivity index (χ3n) is 4.00. The van der Waals surface area contributed by atoms with E-state index in [-0.39, 0.29) is 5.91 Å². The van der Waals surface area contributed by atoms with Gasteiger partial charge < -0.3 is 10.1 Å². The zero-order chi connectivity index (χ0) is 18.2. The first-order chi connectivity index (χ1) is 12.7. The van der Waals surface area contributed by atoms with Gasteiger partial charge in [0.05, 0.1) is 6.42 Å². The Balaban J connectivity index is 1.50. The van der Waals surface area contributed by atoms with E-state index in [1.807, 2.05) is 73.7 Å². The van der Waals surface area contributed by atoms with E-state index in [1.165, 1.54) is 5.56 Å². The molecule has 132 valence electrons. The fourth-order valence-electron chi connectivity index (χ4n) is 2.53. The van der Waals surface area contributed by atoms with Gasteiger partial charge in [-0.05, 0) is 29.7 Å². The lowest BCUT2D eigenvalue weighted by atomic mass is 10.1. The highest BCUT2D eigenvalue weighted by molar-refractivity contribution is 5.78. The maximum absolute atomic E-state index is 12.1. The molecule has 1 aromatic heterocycles. The summed E-state index contributed by atoms with van der Waals surface area (Å²) < 4.78 is 5.72. The lowest BCUT2D eigenvalue weighted by Gasteiger charge is -2.09. The Morgan fingerprint density at radius 3 is 2.50 bits per heavy atom. The van der Waals surface area contributed by atoms with Gasteiger partial charge in [0.15, 0.2) is 0 Å². The van der Waals surface area contributed by atoms with Gasteiger partial charge in [-0.3, -0.25) is 4.79 Å². The van der Waals surface area contributed by atoms with Crippen LogP contribution in [0.5, 0.6) is 5.88 Å². The van der Waals surface area contributed by atoms with Crippen LogP contribution in [0.2, 0.25) is 0 Å². The van der Waals surface area contributed by atoms with Crippen molar-refractivity contribution in [2.24, 2.45) is 0 Å². The number of carbonyl (C=O) groups excluding carboxylic acids is 1. The Hall–Kier alpha value is -3.14. The van der Waals surface area contributed by atoms with E-state index in [9.17, 15) is 4.79 Å². The van der Waals surface area contributed by atoms with Crippen molar-refractivity contribution in [3.63, 3.8) is 0 Å². The van der Waals surface area contributed by atoms with Crippen LogP contribution in [0.4, 0.5) is 0 Å². The van der Waals surface area contributed by atoms with Crippen molar-refractivity contribution in [2.75, 3.05) is 0 Å². The second-order valence-electron chi connectivity index (χ2n) is 6.22. The molecule has 0 fully saturated rings. The van der Waals surface area contributed by atoms with Crippen molar-refractivity contribution in [1.82, 2.24) is 10.3 Å². The number of hydrogen-bond acceptors (Lipinski definition) is 3. The molecule has 0 bridgehead atoms. The molecule has 3 aromatic rings. The number of hydrogen-bond donors (Lipinski definition) is 1. The molecule has 0 aliphatic carbocycles. The normalized spacial score (nSPS) is 10.3. The molecule has 0 atom stereocenters. The maximum Gasteiger partial charge on any atom is 0.224 e. The van der Waals surface area contributed by atoms with Gasteiger partial charge in [0, 0.05) is 18.8 Å². The van der Waals surface area contributed by atoms with Gasteiger partial charge in [-0.15, -0.1) is 0 Å². The minimum atomic E-state index is -0.00239. The number of benzene rings is 2. The standard InChI is InChI=1S/C22H22N2O2/c1-17-7-9-18(10-8-17)13-21(25)24-15-20-11-12-23-22(14-20)26-16-19-5-3-2-4-6-19/h2-12,14H,13,15-16H2,1H3,(H,24,25). The van der Waals surface area contributed by atoms with Crippen molar-refractivity contribution in [3.05, 3.63) is 95.2 Å². The van der Waals surface area contributed by atoms with Crippen LogP contribution in [0, 0.1) is 6.92 Å². The monoisotopic (exact) mass is 346 g/mol. The molecule has 2 aromatic carbocycles. The van der Waals surface area contributed by atoms with Crippen LogP contribution in [-0.2, 0) is 24.4 Å². The van der Waals surface area contributed by atoms with Crippen LogP contribution in [0.15, 0.2) is 72.9 Å². The van der Waals surface area contributed by atoms with Crippen molar-refractivity contribution in [3.8, 4) is 5.88 Å². The first kappa shape index (κ1) is 17.7. The van der Waals surface area contributed by atoms with Crippen molar-refractivity contribution in [1.29, 1.82) is 0 Å². The van der Waals surface area contributed by atoms with Crippen molar-refractivity contribution in [2.45, 2.75) is 26.5 Å². The van der Waals surface area contributed by atoms with E-state index in [2.05, 4.69) is 10.3 Å². The predicted molar refractivity (Wildman–Crippen MR) is 102 cm³/mol. The highest BCUT2D eigenvalue weighted by Crippen LogP contribution is 2.12. The maximum atomic E-state index is 12.1. The number of pyridine rings is 1. The van der Waals surface area contributed by atoms with Crippen molar-refractivity contribution >= 4 is 5.91 Å². The fraction of sp³-hybridized carbons (Fsp3) is 0.182. The summed E-state index contributed by atoms with van der Waals surface area (Å²) in [6.07, 6.45) is 2.07. The van der Waals surface area contributed by atoms with Gasteiger partial charge in [0.1, 0.15) is 6.61 Å². The minimum absolute atomic E-state index is 0.00239. The molecule has 0 saturated carbocycles. The third-order valence-corrected chi connectivity index (χ3v) is 4.00. The number of ether oxygens (including phenoxy) is 1. The number of carbonyl (C=O) groups is 1. The molecule has 4 heteroatoms. The van der Waals surface area contributed by atoms with Crippen LogP contribution in [0.1, 0.15) is 22.3 Å². The van der Waals surface area contributed by atoms with E-state index in [0.717, 1.165) is 16.7 Å². The van der Waals surface area contributed by atoms with Gasteiger partial charge in [-0.25, -0.2) is 4.98 Å². The fourth-order valence-corrected chi connectivity index (χ4v) is 2.53. The molecule has 0 aliphatic heterocycles. The van der Waals surface area contributed by atoms with Crippen LogP contribution >= 0.6 is 0 Å². The number of rotatable bonds is 7. The van der Waals surface area contributed by atoms with E-state index in [1.54, 1.807) is 6.20 Å². The van der Waals surface area contributed by atoms with Crippen LogP contribution < -0.4 is 10.1 Å². The van der Waals surface area contributed by atoms with Gasteiger partial charge in [0.2, 0.25) is 11.8 Å². The summed E-state index contributed by atoms with van der Waals surface area (Å²) >= 11 is 0. The summed E-state index contributed by atoms with van der Waals surface area (Å²) in [6, 6.07) is 21.7. The first-order valence-electron chi connectivity index (χ1n) is 8.63. The predicted octanol–water partition coefficient (Wildman–Crippen LogP) is 3.83. The van der Waals surface area contributed by atoms with E-state index >= 15 is 0 Å². The Bertz CT molecular complexity index is 846. The third kappa shape index (κ3) is 5.45. The van der Waals surface area contributed by atoms with Gasteiger partial charge >= 0.3 is 0 Å². The molecule has 0 aliphatic rings. The van der Waals surface area contributed by atoms with Gasteiger partial charge in [-0.2, -0.15) is 0 Å². The second kappa shape index (κ2) is 8.81. The zero-order valence-electron chi connectivity index (χ0n) is 14.8. The Kier molecular flexibility index (Phi) is 5.99. The summed E-state index contributed by atoms with van der Waals surface area (Å²) in [5, 5.41) is 2.94. The van der Waals surface area contributed by atoms with Crippen molar-refractivity contribution < 1.29 is 9.53 Å². The summed E-state index contributed by atoms with van der Waals surface area (Å²) in [6.45, 7) is 2.96. The lowest BCUT2D eigenvalue weighted by molar-refractivity contribution is -0.120. The Morgan fingerprint density at radius 1 is 0.962 bits per heavy atom. The SMILES string of the molecule is Cc1ccc(CC(=O)NCc2ccnc(OCc3ccccc3)c2)cc1. The number of nitrogens with one attached hydrogen (secondary N) is 1. The number of aromatic nitrogens is 1.